The summed E-state index contributed by atoms with van der Waals surface area (Å²) in [5.41, 5.74) is 38.4. The molecule has 24 rings (SSSR count). The van der Waals surface area contributed by atoms with Crippen molar-refractivity contribution >= 4 is 54.3 Å². The molecule has 0 amide bonds. The maximum absolute atomic E-state index is 5.26. The van der Waals surface area contributed by atoms with Crippen LogP contribution in [0, 0.1) is 0 Å². The van der Waals surface area contributed by atoms with Crippen molar-refractivity contribution < 1.29 is 0 Å². The summed E-state index contributed by atoms with van der Waals surface area (Å²) in [5.74, 6) is 0. The Bertz CT molecular complexity index is 7460. The highest BCUT2D eigenvalue weighted by molar-refractivity contribution is 6.21. The van der Waals surface area contributed by atoms with Gasteiger partial charge in [0.25, 0.3) is 0 Å². The molecule has 0 saturated heterocycles. The average molecular weight is 1600 g/mol. The molecule has 0 radical (unpaired) electrons. The number of nitrogens with zero attached hydrogens (tertiary/aromatic N) is 10. The number of para-hydroxylation sites is 3. The standard InChI is InChI=1S/C48H33N3.C34H25N3.C33H24N4/c1-48(2)39-22-12-10-20-37(39)47-46(48)44(38-21-11-13-23-40(38)51-47)32-26-24-31(25-27-32)43-33-16-6-8-18-35(33)45(36-19-9-7-17-34(36)43)42-29-49-41(28-50-42)30-14-4-3-5-15-30;1-34(2)27-14-8-6-12-25(27)33-32(34)31(26-13-7-9-15-28(26)37-33)24-18-16-23(17-19-24)30-21-35-29(20-36-30)22-10-4-3-5-11-22;1-33(2)25-11-5-3-9-23(25)32-31(33)30(24-10-4-6-12-26(24)37-32)22-16-14-21(15-17-22)28-19-36-29(20-35-28)27-13-7-8-18-34-27/h3-29H,1-2H3;3-21H,1-2H3;3-20H,1-2H3. The van der Waals surface area contributed by atoms with E-state index in [1.807, 2.05) is 85.6 Å². The van der Waals surface area contributed by atoms with Gasteiger partial charge in [-0.05, 0) is 130 Å². The van der Waals surface area contributed by atoms with Crippen LogP contribution in [-0.2, 0) is 16.2 Å². The first kappa shape index (κ1) is 75.4. The summed E-state index contributed by atoms with van der Waals surface area (Å²) < 4.78 is 0. The van der Waals surface area contributed by atoms with E-state index in [-0.39, 0.29) is 16.2 Å². The summed E-state index contributed by atoms with van der Waals surface area (Å²) in [6, 6.07) is 122. The fraction of sp³-hybridized carbons (Fsp3) is 0.0783. The summed E-state index contributed by atoms with van der Waals surface area (Å²) in [5, 5.41) is 8.25. The zero-order chi connectivity index (χ0) is 84.1. The smallest absolute Gasteiger partial charge is 0.107 e. The van der Waals surface area contributed by atoms with Gasteiger partial charge in [-0.25, -0.2) is 15.0 Å². The van der Waals surface area contributed by atoms with E-state index >= 15 is 0 Å². The lowest BCUT2D eigenvalue weighted by Gasteiger charge is -2.25. The van der Waals surface area contributed by atoms with Gasteiger partial charge in [-0.3, -0.25) is 34.9 Å². The molecule has 0 N–H and O–H groups in total. The van der Waals surface area contributed by atoms with Gasteiger partial charge in [-0.15, -0.1) is 0 Å². The molecular weight excluding hydrogens is 1520 g/mol. The van der Waals surface area contributed by atoms with Crippen molar-refractivity contribution in [3.8, 4) is 146 Å². The molecule has 0 bridgehead atoms. The van der Waals surface area contributed by atoms with Crippen LogP contribution in [0.1, 0.15) is 74.9 Å². The lowest BCUT2D eigenvalue weighted by Crippen LogP contribution is -2.16. The molecule has 592 valence electrons. The minimum atomic E-state index is -0.179. The van der Waals surface area contributed by atoms with Gasteiger partial charge in [-0.2, -0.15) is 0 Å². The van der Waals surface area contributed by atoms with Gasteiger partial charge in [0.15, 0.2) is 0 Å². The van der Waals surface area contributed by atoms with Crippen LogP contribution in [0.4, 0.5) is 0 Å². The Kier molecular flexibility index (Phi) is 18.4. The van der Waals surface area contributed by atoms with Gasteiger partial charge in [0.1, 0.15) is 5.69 Å². The molecule has 3 aliphatic carbocycles. The molecule has 125 heavy (non-hydrogen) atoms. The second-order valence-electron chi connectivity index (χ2n) is 34.1. The number of pyridine rings is 4. The van der Waals surface area contributed by atoms with Crippen molar-refractivity contribution in [2.75, 3.05) is 0 Å². The predicted octanol–water partition coefficient (Wildman–Crippen LogP) is 28.4. The summed E-state index contributed by atoms with van der Waals surface area (Å²) in [6.45, 7) is 13.9. The SMILES string of the molecule is CC1(C)c2ccccc2-c2nc3ccccc3c(-c3ccc(-c4c5ccccc5c(-c5cnc(-c6ccccc6)cn5)c5ccccc45)cc3)c21.CC1(C)c2ccccc2-c2nc3ccccc3c(-c3ccc(-c4cnc(-c5ccccc5)cn4)cc3)c21.CC1(C)c2ccccc2-c2nc3ccccc3c(-c3ccc(-c4cnc(-c5ccccn5)cn4)cc3)c21. The van der Waals surface area contributed by atoms with Gasteiger partial charge in [0, 0.05) is 83.1 Å². The maximum atomic E-state index is 5.26. The number of benzene rings is 14. The van der Waals surface area contributed by atoms with Crippen LogP contribution in [0.5, 0.6) is 0 Å². The Balaban J connectivity index is 0.000000114. The lowest BCUT2D eigenvalue weighted by atomic mass is 9.78. The summed E-state index contributed by atoms with van der Waals surface area (Å²) in [6.07, 6.45) is 12.9. The summed E-state index contributed by atoms with van der Waals surface area (Å²) >= 11 is 0. The zero-order valence-corrected chi connectivity index (χ0v) is 69.9. The molecule has 0 atom stereocenters. The van der Waals surface area contributed by atoms with E-state index < -0.39 is 0 Å². The second-order valence-corrected chi connectivity index (χ2v) is 34.1. The summed E-state index contributed by atoms with van der Waals surface area (Å²) in [7, 11) is 0. The van der Waals surface area contributed by atoms with Crippen LogP contribution in [0.15, 0.2) is 389 Å². The van der Waals surface area contributed by atoms with Gasteiger partial charge >= 0.3 is 0 Å². The topological polar surface area (TPSA) is 129 Å². The number of aromatic nitrogens is 10. The molecule has 10 nitrogen and oxygen atoms in total. The molecule has 3 aliphatic rings. The van der Waals surface area contributed by atoms with Gasteiger partial charge in [-0.1, -0.05) is 357 Å². The Morgan fingerprint density at radius 3 is 0.760 bits per heavy atom. The number of rotatable bonds is 10. The molecule has 10 heteroatoms. The molecule has 14 aromatic carbocycles. The van der Waals surface area contributed by atoms with Gasteiger partial charge < -0.3 is 0 Å². The van der Waals surface area contributed by atoms with Crippen molar-refractivity contribution in [2.45, 2.75) is 57.8 Å². The van der Waals surface area contributed by atoms with E-state index in [4.69, 9.17) is 29.9 Å². The first-order chi connectivity index (χ1) is 61.3. The van der Waals surface area contributed by atoms with Crippen molar-refractivity contribution in [3.05, 3.63) is 423 Å². The predicted molar refractivity (Wildman–Crippen MR) is 512 cm³/mol. The second kappa shape index (κ2) is 30.4. The molecule has 7 aromatic heterocycles. The van der Waals surface area contributed by atoms with Crippen molar-refractivity contribution in [1.29, 1.82) is 0 Å². The van der Waals surface area contributed by atoms with Crippen molar-refractivity contribution in [1.82, 2.24) is 49.8 Å². The maximum Gasteiger partial charge on any atom is 0.107 e. The zero-order valence-electron chi connectivity index (χ0n) is 69.9. The normalized spacial score (nSPS) is 13.2. The van der Waals surface area contributed by atoms with E-state index in [1.165, 1.54) is 122 Å². The van der Waals surface area contributed by atoms with Crippen LogP contribution >= 0.6 is 0 Å². The largest absolute Gasteiger partial charge is 0.255 e. The Hall–Kier alpha value is -15.8. The summed E-state index contributed by atoms with van der Waals surface area (Å²) in [4.78, 5) is 48.4. The molecule has 0 fully saturated rings. The quantitative estimate of drug-likeness (QED) is 0.122. The van der Waals surface area contributed by atoms with Crippen molar-refractivity contribution in [3.63, 3.8) is 0 Å². The third-order valence-electron chi connectivity index (χ3n) is 25.7. The van der Waals surface area contributed by atoms with Crippen LogP contribution < -0.4 is 0 Å². The average Bonchev–Trinajstić information content (AvgIpc) is 1.55. The fourth-order valence-electron chi connectivity index (χ4n) is 19.8. The van der Waals surface area contributed by atoms with Crippen LogP contribution in [0.2, 0.25) is 0 Å². The van der Waals surface area contributed by atoms with E-state index in [0.717, 1.165) is 112 Å². The van der Waals surface area contributed by atoms with Crippen molar-refractivity contribution in [2.24, 2.45) is 0 Å². The number of hydrogen-bond donors (Lipinski definition) is 0. The van der Waals surface area contributed by atoms with Gasteiger partial charge in [0.05, 0.1) is 105 Å². The molecule has 21 aromatic rings. The van der Waals surface area contributed by atoms with Gasteiger partial charge in [0.2, 0.25) is 0 Å². The Labute approximate surface area is 725 Å². The van der Waals surface area contributed by atoms with Crippen LogP contribution in [0.25, 0.3) is 200 Å². The molecule has 0 aliphatic heterocycles. The number of fused-ring (bicyclic) bond motifs is 14. The highest BCUT2D eigenvalue weighted by atomic mass is 14.8. The molecule has 0 spiro atoms. The van der Waals surface area contributed by atoms with E-state index in [2.05, 4.69) is 353 Å². The fourth-order valence-corrected chi connectivity index (χ4v) is 19.8. The van der Waals surface area contributed by atoms with E-state index in [0.29, 0.717) is 0 Å². The first-order valence-corrected chi connectivity index (χ1v) is 42.6. The van der Waals surface area contributed by atoms with Crippen LogP contribution in [-0.4, -0.2) is 49.8 Å². The monoisotopic (exact) mass is 1600 g/mol. The highest BCUT2D eigenvalue weighted by Gasteiger charge is 2.43. The third kappa shape index (κ3) is 12.9. The molecule has 0 saturated carbocycles. The van der Waals surface area contributed by atoms with E-state index in [9.17, 15) is 0 Å². The Morgan fingerprint density at radius 1 is 0.176 bits per heavy atom. The van der Waals surface area contributed by atoms with E-state index in [1.54, 1.807) is 12.4 Å². The molecule has 0 unspecified atom stereocenters. The first-order valence-electron chi connectivity index (χ1n) is 42.6. The minimum absolute atomic E-state index is 0.143. The molecular formula is C115H82N10. The lowest BCUT2D eigenvalue weighted by molar-refractivity contribution is 0.661. The highest BCUT2D eigenvalue weighted by Crippen LogP contribution is 2.57. The third-order valence-corrected chi connectivity index (χ3v) is 25.7. The number of hydrogen-bond acceptors (Lipinski definition) is 10. The van der Waals surface area contributed by atoms with Crippen LogP contribution in [0.3, 0.4) is 0 Å². The molecule has 7 heterocycles. The Morgan fingerprint density at radius 2 is 0.432 bits per heavy atom. The minimum Gasteiger partial charge on any atom is -0.255 e.